The van der Waals surface area contributed by atoms with Crippen LogP contribution in [0.4, 0.5) is 0 Å². The van der Waals surface area contributed by atoms with Crippen molar-refractivity contribution >= 4 is 16.9 Å². The third kappa shape index (κ3) is 4.25. The predicted molar refractivity (Wildman–Crippen MR) is 116 cm³/mol. The maximum Gasteiger partial charge on any atom is 0.274 e. The van der Waals surface area contributed by atoms with E-state index in [0.29, 0.717) is 11.1 Å². The average Bonchev–Trinajstić information content (AvgIpc) is 3.13. The van der Waals surface area contributed by atoms with E-state index < -0.39 is 5.91 Å². The van der Waals surface area contributed by atoms with Crippen molar-refractivity contribution in [2.45, 2.75) is 19.0 Å². The van der Waals surface area contributed by atoms with Crippen molar-refractivity contribution in [3.8, 4) is 0 Å². The number of aryl methyl sites for hydroxylation is 1. The quantitative estimate of drug-likeness (QED) is 0.326. The van der Waals surface area contributed by atoms with Crippen LogP contribution in [0.3, 0.4) is 0 Å². The number of hydrogen-bond donors (Lipinski definition) is 3. The zero-order valence-electron chi connectivity index (χ0n) is 16.7. The van der Waals surface area contributed by atoms with Gasteiger partial charge < -0.3 is 9.88 Å². The number of amides is 1. The first-order valence-corrected chi connectivity index (χ1v) is 9.88. The molecule has 30 heavy (non-hydrogen) atoms. The van der Waals surface area contributed by atoms with Crippen LogP contribution in [0, 0.1) is 0 Å². The van der Waals surface area contributed by atoms with Crippen LogP contribution in [0.5, 0.6) is 0 Å². The van der Waals surface area contributed by atoms with E-state index in [4.69, 9.17) is 10.2 Å². The summed E-state index contributed by atoms with van der Waals surface area (Å²) in [5, 5.41) is 12.6. The Bertz CT molecular complexity index is 1140. The van der Waals surface area contributed by atoms with E-state index >= 15 is 0 Å². The number of nitrogens with zero attached hydrogens (tertiary/aromatic N) is 2. The van der Waals surface area contributed by atoms with Gasteiger partial charge in [0, 0.05) is 19.2 Å². The van der Waals surface area contributed by atoms with Crippen molar-refractivity contribution < 1.29 is 10.0 Å². The highest BCUT2D eigenvalue weighted by Crippen LogP contribution is 2.24. The Balaban J connectivity index is 1.68. The van der Waals surface area contributed by atoms with Crippen LogP contribution in [-0.4, -0.2) is 20.7 Å². The van der Waals surface area contributed by atoms with Crippen LogP contribution in [0.25, 0.3) is 11.0 Å². The molecule has 0 saturated carbocycles. The molecule has 152 valence electrons. The Morgan fingerprint density at radius 2 is 1.67 bits per heavy atom. The van der Waals surface area contributed by atoms with Crippen LogP contribution in [0.2, 0.25) is 0 Å². The normalized spacial score (nSPS) is 12.1. The lowest BCUT2D eigenvalue weighted by molar-refractivity contribution is 0.0706. The summed E-state index contributed by atoms with van der Waals surface area (Å²) in [5.41, 5.74) is 6.11. The fourth-order valence-electron chi connectivity index (χ4n) is 3.68. The van der Waals surface area contributed by atoms with Gasteiger partial charge in [-0.1, -0.05) is 60.7 Å². The van der Waals surface area contributed by atoms with Crippen LogP contribution in [0.15, 0.2) is 78.9 Å². The lowest BCUT2D eigenvalue weighted by Crippen LogP contribution is -2.25. The first-order valence-electron chi connectivity index (χ1n) is 9.88. The molecule has 0 bridgehead atoms. The number of benzene rings is 3. The molecule has 0 fully saturated rings. The molecule has 3 aromatic carbocycles. The fourth-order valence-corrected chi connectivity index (χ4v) is 3.68. The maximum absolute atomic E-state index is 11.8. The smallest absolute Gasteiger partial charge is 0.274 e. The van der Waals surface area contributed by atoms with Crippen molar-refractivity contribution in [1.29, 1.82) is 0 Å². The Morgan fingerprint density at radius 1 is 1.00 bits per heavy atom. The number of imidazole rings is 1. The lowest BCUT2D eigenvalue weighted by atomic mass is 10.0. The molecule has 1 atom stereocenters. The number of fused-ring (bicyclic) bond motifs is 1. The Labute approximate surface area is 175 Å². The van der Waals surface area contributed by atoms with Gasteiger partial charge in [-0.15, -0.1) is 0 Å². The zero-order chi connectivity index (χ0) is 20.9. The minimum atomic E-state index is -0.549. The molecule has 0 aliphatic heterocycles. The summed E-state index contributed by atoms with van der Waals surface area (Å²) in [5.74, 6) is 0.346. The molecule has 1 aromatic heterocycles. The number of rotatable bonds is 7. The van der Waals surface area contributed by atoms with Gasteiger partial charge in [0.25, 0.3) is 5.91 Å². The molecule has 3 N–H and O–H groups in total. The molecule has 0 aliphatic carbocycles. The van der Waals surface area contributed by atoms with Crippen LogP contribution < -0.4 is 10.8 Å². The summed E-state index contributed by atoms with van der Waals surface area (Å²) in [6.07, 6.45) is 0.787. The van der Waals surface area contributed by atoms with Crippen LogP contribution in [-0.2, 0) is 20.0 Å². The average molecular weight is 400 g/mol. The summed E-state index contributed by atoms with van der Waals surface area (Å²) >= 11 is 0. The third-order valence-corrected chi connectivity index (χ3v) is 5.27. The molecular formula is C24H24N4O2. The van der Waals surface area contributed by atoms with Gasteiger partial charge in [-0.05, 0) is 35.7 Å². The summed E-state index contributed by atoms with van der Waals surface area (Å²) in [6, 6.07) is 25.8. The fraction of sp³-hybridized carbons (Fsp3) is 0.167. The topological polar surface area (TPSA) is 79.2 Å². The van der Waals surface area contributed by atoms with Gasteiger partial charge in [0.2, 0.25) is 0 Å². The van der Waals surface area contributed by atoms with Gasteiger partial charge in [-0.2, -0.15) is 0 Å². The van der Waals surface area contributed by atoms with E-state index in [-0.39, 0.29) is 6.04 Å². The number of carbonyl (C=O) groups is 1. The molecule has 0 unspecified atom stereocenters. The number of aromatic nitrogens is 2. The van der Waals surface area contributed by atoms with E-state index in [9.17, 15) is 4.79 Å². The second-order valence-corrected chi connectivity index (χ2v) is 7.28. The second kappa shape index (κ2) is 8.90. The van der Waals surface area contributed by atoms with E-state index in [0.717, 1.165) is 24.3 Å². The maximum atomic E-state index is 11.8. The predicted octanol–water partition coefficient (Wildman–Crippen LogP) is 3.77. The highest BCUT2D eigenvalue weighted by molar-refractivity contribution is 5.96. The van der Waals surface area contributed by atoms with Gasteiger partial charge in [-0.3, -0.25) is 10.0 Å². The van der Waals surface area contributed by atoms with Crippen molar-refractivity contribution in [2.24, 2.45) is 7.05 Å². The van der Waals surface area contributed by atoms with E-state index in [2.05, 4.69) is 34.1 Å². The molecule has 0 radical (unpaired) electrons. The van der Waals surface area contributed by atoms with Crippen molar-refractivity contribution in [1.82, 2.24) is 20.3 Å². The second-order valence-electron chi connectivity index (χ2n) is 7.28. The molecule has 0 spiro atoms. The molecule has 0 saturated heterocycles. The Hall–Kier alpha value is -3.48. The SMILES string of the molecule is Cn1c([C@H](Cc2ccccc2)NCc2ccccc2)nc2cc(C(=O)NO)ccc21. The number of carbonyl (C=O) groups excluding carboxylic acids is 1. The summed E-state index contributed by atoms with van der Waals surface area (Å²) in [4.78, 5) is 16.6. The molecule has 4 rings (SSSR count). The van der Waals surface area contributed by atoms with Gasteiger partial charge in [0.05, 0.1) is 17.1 Å². The molecule has 6 heteroatoms. The molecule has 4 aromatic rings. The summed E-state index contributed by atoms with van der Waals surface area (Å²) in [6.45, 7) is 0.722. The monoisotopic (exact) mass is 400 g/mol. The Kier molecular flexibility index (Phi) is 5.88. The summed E-state index contributed by atoms with van der Waals surface area (Å²) < 4.78 is 2.06. The lowest BCUT2D eigenvalue weighted by Gasteiger charge is -2.19. The summed E-state index contributed by atoms with van der Waals surface area (Å²) in [7, 11) is 1.98. The number of hydrogen-bond acceptors (Lipinski definition) is 4. The highest BCUT2D eigenvalue weighted by Gasteiger charge is 2.20. The third-order valence-electron chi connectivity index (χ3n) is 5.27. The van der Waals surface area contributed by atoms with Crippen molar-refractivity contribution in [3.63, 3.8) is 0 Å². The van der Waals surface area contributed by atoms with Crippen molar-refractivity contribution in [2.75, 3.05) is 0 Å². The molecule has 0 aliphatic rings. The molecule has 6 nitrogen and oxygen atoms in total. The van der Waals surface area contributed by atoms with Gasteiger partial charge in [0.15, 0.2) is 0 Å². The first-order chi connectivity index (χ1) is 14.7. The van der Waals surface area contributed by atoms with Crippen molar-refractivity contribution in [3.05, 3.63) is 101 Å². The van der Waals surface area contributed by atoms with Crippen LogP contribution in [0.1, 0.15) is 33.4 Å². The van der Waals surface area contributed by atoms with Gasteiger partial charge >= 0.3 is 0 Å². The number of hydroxylamine groups is 1. The molecular weight excluding hydrogens is 376 g/mol. The first kappa shape index (κ1) is 19.8. The Morgan fingerprint density at radius 3 is 2.33 bits per heavy atom. The van der Waals surface area contributed by atoms with Crippen LogP contribution >= 0.6 is 0 Å². The standard InChI is InChI=1S/C24H24N4O2/c1-28-22-13-12-19(24(29)27-30)15-20(22)26-23(28)21(14-17-8-4-2-5-9-17)25-16-18-10-6-3-7-11-18/h2-13,15,21,25,30H,14,16H2,1H3,(H,27,29)/t21-/m0/s1. The van der Waals surface area contributed by atoms with E-state index in [1.807, 2.05) is 49.5 Å². The largest absolute Gasteiger partial charge is 0.330 e. The molecule has 1 amide bonds. The van der Waals surface area contributed by atoms with E-state index in [1.54, 1.807) is 17.6 Å². The highest BCUT2D eigenvalue weighted by atomic mass is 16.5. The number of nitrogens with one attached hydrogen (secondary N) is 2. The molecule has 1 heterocycles. The van der Waals surface area contributed by atoms with Gasteiger partial charge in [-0.25, -0.2) is 10.5 Å². The van der Waals surface area contributed by atoms with E-state index in [1.165, 1.54) is 11.1 Å². The minimum absolute atomic E-state index is 0.0138. The zero-order valence-corrected chi connectivity index (χ0v) is 16.7. The van der Waals surface area contributed by atoms with Gasteiger partial charge in [0.1, 0.15) is 5.82 Å². The minimum Gasteiger partial charge on any atom is -0.330 e.